The topological polar surface area (TPSA) is 45.5 Å². The van der Waals surface area contributed by atoms with Crippen LogP contribution < -0.4 is 5.43 Å². The van der Waals surface area contributed by atoms with Crippen LogP contribution in [0.25, 0.3) is 22.0 Å². The van der Waals surface area contributed by atoms with Gasteiger partial charge in [0.2, 0.25) is 5.91 Å². The van der Waals surface area contributed by atoms with Gasteiger partial charge in [-0.1, -0.05) is 92.2 Å². The summed E-state index contributed by atoms with van der Waals surface area (Å²) < 4.78 is 30.2. The number of carbonyl (C=O) groups excluding carboxylic acids is 1. The molecule has 0 radical (unpaired) electrons. The molecule has 0 saturated heterocycles. The summed E-state index contributed by atoms with van der Waals surface area (Å²) >= 11 is 1.21. The third-order valence-electron chi connectivity index (χ3n) is 8.33. The second-order valence-electron chi connectivity index (χ2n) is 11.4. The van der Waals surface area contributed by atoms with Gasteiger partial charge in [0.25, 0.3) is 0 Å². The maximum absolute atomic E-state index is 14.5. The summed E-state index contributed by atoms with van der Waals surface area (Å²) in [6.45, 7) is 9.74. The van der Waals surface area contributed by atoms with E-state index in [1.165, 1.54) is 35.5 Å². The maximum Gasteiger partial charge on any atom is 0.242 e. The molecule has 1 heterocycles. The SMILES string of the molecule is CCN(CC)CCN(Cc1ccc(-c2ccc(C)cc2)cc1)C(=O)Cn1c(SCc2cccc(F)c2F)cc(=O)c2ccccc21. The van der Waals surface area contributed by atoms with Gasteiger partial charge in [-0.05, 0) is 54.9 Å². The quantitative estimate of drug-likeness (QED) is 0.123. The second-order valence-corrected chi connectivity index (χ2v) is 12.4. The molecule has 5 rings (SSSR count). The van der Waals surface area contributed by atoms with Crippen LogP contribution in [0.5, 0.6) is 0 Å². The van der Waals surface area contributed by atoms with E-state index >= 15 is 0 Å². The molecule has 1 amide bonds. The highest BCUT2D eigenvalue weighted by Gasteiger charge is 2.20. The fourth-order valence-electron chi connectivity index (χ4n) is 5.50. The van der Waals surface area contributed by atoms with Crippen LogP contribution >= 0.6 is 11.8 Å². The van der Waals surface area contributed by atoms with Crippen molar-refractivity contribution in [3.8, 4) is 11.1 Å². The Bertz CT molecular complexity index is 1850. The van der Waals surface area contributed by atoms with Crippen LogP contribution in [0.4, 0.5) is 8.78 Å². The number of likely N-dealkylation sites (N-methyl/N-ethyl adjacent to an activating group) is 1. The van der Waals surface area contributed by atoms with E-state index in [-0.39, 0.29) is 29.2 Å². The lowest BCUT2D eigenvalue weighted by Gasteiger charge is -2.28. The van der Waals surface area contributed by atoms with Crippen molar-refractivity contribution in [2.24, 2.45) is 0 Å². The number of aryl methyl sites for hydroxylation is 1. The number of amides is 1. The molecular formula is C38H39F2N3O2S. The van der Waals surface area contributed by atoms with Gasteiger partial charge in [-0.25, -0.2) is 8.78 Å². The van der Waals surface area contributed by atoms with Crippen LogP contribution in [-0.4, -0.2) is 46.5 Å². The normalized spacial score (nSPS) is 11.3. The molecule has 238 valence electrons. The summed E-state index contributed by atoms with van der Waals surface area (Å²) in [5, 5.41) is 1.02. The van der Waals surface area contributed by atoms with Crippen LogP contribution in [0.1, 0.15) is 30.5 Å². The minimum absolute atomic E-state index is 0.00550. The Morgan fingerprint density at radius 2 is 1.50 bits per heavy atom. The third kappa shape index (κ3) is 7.92. The lowest BCUT2D eigenvalue weighted by atomic mass is 10.0. The fraction of sp³-hybridized carbons (Fsp3) is 0.263. The molecule has 0 aliphatic rings. The summed E-state index contributed by atoms with van der Waals surface area (Å²) in [6, 6.07) is 29.5. The van der Waals surface area contributed by atoms with E-state index in [1.807, 2.05) is 21.6 Å². The first-order chi connectivity index (χ1) is 22.3. The van der Waals surface area contributed by atoms with Crippen LogP contribution in [0, 0.1) is 18.6 Å². The monoisotopic (exact) mass is 639 g/mol. The number of aromatic nitrogens is 1. The lowest BCUT2D eigenvalue weighted by molar-refractivity contribution is -0.132. The first-order valence-electron chi connectivity index (χ1n) is 15.6. The maximum atomic E-state index is 14.5. The first-order valence-corrected chi connectivity index (χ1v) is 16.6. The van der Waals surface area contributed by atoms with Gasteiger partial charge in [0.05, 0.1) is 10.5 Å². The molecular weight excluding hydrogens is 601 g/mol. The molecule has 0 N–H and O–H groups in total. The molecule has 0 fully saturated rings. The van der Waals surface area contributed by atoms with Crippen molar-refractivity contribution in [1.29, 1.82) is 0 Å². The molecule has 0 atom stereocenters. The van der Waals surface area contributed by atoms with Gasteiger partial charge in [0.15, 0.2) is 17.1 Å². The molecule has 0 spiro atoms. The van der Waals surface area contributed by atoms with Crippen molar-refractivity contribution in [2.45, 2.75) is 44.6 Å². The van der Waals surface area contributed by atoms with Crippen molar-refractivity contribution >= 4 is 28.6 Å². The van der Waals surface area contributed by atoms with Crippen LogP contribution in [0.3, 0.4) is 0 Å². The molecule has 46 heavy (non-hydrogen) atoms. The largest absolute Gasteiger partial charge is 0.336 e. The van der Waals surface area contributed by atoms with E-state index in [1.54, 1.807) is 12.1 Å². The number of nitrogens with zero attached hydrogens (tertiary/aromatic N) is 3. The predicted molar refractivity (Wildman–Crippen MR) is 184 cm³/mol. The molecule has 5 aromatic rings. The van der Waals surface area contributed by atoms with Crippen molar-refractivity contribution in [2.75, 3.05) is 26.2 Å². The van der Waals surface area contributed by atoms with Crippen molar-refractivity contribution in [1.82, 2.24) is 14.4 Å². The second kappa shape index (κ2) is 15.3. The molecule has 4 aromatic carbocycles. The molecule has 0 bridgehead atoms. The Morgan fingerprint density at radius 3 is 2.20 bits per heavy atom. The third-order valence-corrected chi connectivity index (χ3v) is 9.42. The molecule has 0 aliphatic carbocycles. The number of hydrogen-bond donors (Lipinski definition) is 0. The minimum Gasteiger partial charge on any atom is -0.336 e. The van der Waals surface area contributed by atoms with Gasteiger partial charge in [0, 0.05) is 42.4 Å². The highest BCUT2D eigenvalue weighted by Crippen LogP contribution is 2.28. The average molecular weight is 640 g/mol. The van der Waals surface area contributed by atoms with E-state index in [4.69, 9.17) is 0 Å². The van der Waals surface area contributed by atoms with Crippen molar-refractivity contribution < 1.29 is 13.6 Å². The van der Waals surface area contributed by atoms with Crippen molar-refractivity contribution in [3.63, 3.8) is 0 Å². The number of pyridine rings is 1. The van der Waals surface area contributed by atoms with Gasteiger partial charge < -0.3 is 14.4 Å². The molecule has 0 aliphatic heterocycles. The van der Waals surface area contributed by atoms with Gasteiger partial charge in [0.1, 0.15) is 6.54 Å². The first kappa shape index (κ1) is 33.1. The van der Waals surface area contributed by atoms with E-state index in [9.17, 15) is 18.4 Å². The van der Waals surface area contributed by atoms with E-state index in [2.05, 4.69) is 74.2 Å². The van der Waals surface area contributed by atoms with Gasteiger partial charge in [-0.2, -0.15) is 0 Å². The average Bonchev–Trinajstić information content (AvgIpc) is 3.07. The number of para-hydroxylation sites is 1. The summed E-state index contributed by atoms with van der Waals surface area (Å²) in [5.74, 6) is -1.81. The molecule has 0 unspecified atom stereocenters. The Balaban J connectivity index is 1.44. The highest BCUT2D eigenvalue weighted by atomic mass is 32.2. The van der Waals surface area contributed by atoms with E-state index < -0.39 is 11.6 Å². The Hall–Kier alpha value is -4.27. The van der Waals surface area contributed by atoms with Gasteiger partial charge in [-0.3, -0.25) is 9.59 Å². The molecule has 1 aromatic heterocycles. The number of thioether (sulfide) groups is 1. The zero-order valence-electron chi connectivity index (χ0n) is 26.5. The standard InChI is InChI=1S/C38H39F2N3O2S/c1-4-41(5-2)21-22-42(24-28-15-19-30(20-16-28)29-17-13-27(3)14-18-29)36(45)25-43-34-12-7-6-10-32(34)35(44)23-37(43)46-26-31-9-8-11-33(39)38(31)40/h6-20,23H,4-5,21-22,24-26H2,1-3H3. The summed E-state index contributed by atoms with van der Waals surface area (Å²) in [7, 11) is 0. The number of benzene rings is 4. The van der Waals surface area contributed by atoms with Crippen LogP contribution in [0.15, 0.2) is 107 Å². The number of carbonyl (C=O) groups is 1. The Morgan fingerprint density at radius 1 is 0.826 bits per heavy atom. The highest BCUT2D eigenvalue weighted by molar-refractivity contribution is 7.98. The van der Waals surface area contributed by atoms with Gasteiger partial charge >= 0.3 is 0 Å². The van der Waals surface area contributed by atoms with Crippen LogP contribution in [-0.2, 0) is 23.6 Å². The zero-order valence-corrected chi connectivity index (χ0v) is 27.3. The van der Waals surface area contributed by atoms with Gasteiger partial charge in [-0.15, -0.1) is 11.8 Å². The van der Waals surface area contributed by atoms with Crippen molar-refractivity contribution in [3.05, 3.63) is 136 Å². The number of fused-ring (bicyclic) bond motifs is 1. The summed E-state index contributed by atoms with van der Waals surface area (Å²) in [6.07, 6.45) is 0. The molecule has 8 heteroatoms. The lowest BCUT2D eigenvalue weighted by Crippen LogP contribution is -2.40. The van der Waals surface area contributed by atoms with E-state index in [0.29, 0.717) is 29.0 Å². The molecule has 5 nitrogen and oxygen atoms in total. The summed E-state index contributed by atoms with van der Waals surface area (Å²) in [4.78, 5) is 31.4. The molecule has 0 saturated carbocycles. The predicted octanol–water partition coefficient (Wildman–Crippen LogP) is 7.92. The van der Waals surface area contributed by atoms with Crippen LogP contribution in [0.2, 0.25) is 0 Å². The smallest absolute Gasteiger partial charge is 0.242 e. The number of hydrogen-bond acceptors (Lipinski definition) is 4. The Kier molecular flexibility index (Phi) is 11.0. The Labute approximate surface area is 273 Å². The zero-order chi connectivity index (χ0) is 32.6. The van der Waals surface area contributed by atoms with E-state index in [0.717, 1.165) is 42.4 Å². The fourth-order valence-corrected chi connectivity index (χ4v) is 6.53. The minimum atomic E-state index is -0.917. The number of rotatable bonds is 13. The number of halogens is 2. The summed E-state index contributed by atoms with van der Waals surface area (Å²) in [5.41, 5.74) is 5.11.